The van der Waals surface area contributed by atoms with E-state index in [1.807, 2.05) is 25.1 Å². The first-order valence-electron chi connectivity index (χ1n) is 10.3. The number of alkyl halides is 2. The van der Waals surface area contributed by atoms with E-state index in [1.54, 1.807) is 30.3 Å². The van der Waals surface area contributed by atoms with Gasteiger partial charge in [-0.25, -0.2) is 8.42 Å². The summed E-state index contributed by atoms with van der Waals surface area (Å²) in [6.07, 6.45) is -1.71. The fourth-order valence-corrected chi connectivity index (χ4v) is 5.67. The number of rotatable bonds is 7. The fraction of sp³-hybridized carbons (Fsp3) is 0.364. The fourth-order valence-electron chi connectivity index (χ4n) is 3.74. The molecule has 1 aromatic heterocycles. The van der Waals surface area contributed by atoms with Crippen LogP contribution in [0.3, 0.4) is 0 Å². The number of nitrogens with one attached hydrogen (secondary N) is 1. The number of sulfonamides is 1. The molecule has 1 aliphatic heterocycles. The van der Waals surface area contributed by atoms with Gasteiger partial charge in [-0.15, -0.1) is 10.2 Å². The van der Waals surface area contributed by atoms with Crippen LogP contribution in [0.5, 0.6) is 0 Å². The number of aromatic nitrogens is 2. The molecule has 10 heteroatoms. The van der Waals surface area contributed by atoms with E-state index in [1.165, 1.54) is 4.31 Å². The Labute approximate surface area is 185 Å². The summed E-state index contributed by atoms with van der Waals surface area (Å²) in [4.78, 5) is 0. The van der Waals surface area contributed by atoms with E-state index in [4.69, 9.17) is 4.42 Å². The standard InChI is InChI=1S/C22H24F2N4O3S/c1-15-3-2-4-18(13-15)28(32(29,30)19-9-11-25-12-10-19)14-16-5-7-17(8-6-16)21-26-27-22(31-21)20(23)24/h2-8,13,19-20,25H,9-12,14H2,1H3. The summed E-state index contributed by atoms with van der Waals surface area (Å²) in [7, 11) is -3.59. The summed E-state index contributed by atoms with van der Waals surface area (Å²) in [5.41, 5.74) is 2.82. The Balaban J connectivity index is 1.62. The first-order chi connectivity index (χ1) is 15.3. The molecule has 1 aliphatic rings. The van der Waals surface area contributed by atoms with E-state index in [0.717, 1.165) is 11.1 Å². The molecule has 3 aromatic rings. The summed E-state index contributed by atoms with van der Waals surface area (Å²) >= 11 is 0. The number of anilines is 1. The van der Waals surface area contributed by atoms with Gasteiger partial charge in [-0.3, -0.25) is 4.31 Å². The van der Waals surface area contributed by atoms with Gasteiger partial charge in [0.1, 0.15) is 0 Å². The van der Waals surface area contributed by atoms with E-state index in [9.17, 15) is 17.2 Å². The minimum absolute atomic E-state index is 0.00952. The third-order valence-corrected chi connectivity index (χ3v) is 7.73. The van der Waals surface area contributed by atoms with Crippen LogP contribution in [-0.4, -0.2) is 37.0 Å². The molecule has 0 spiro atoms. The Kier molecular flexibility index (Phi) is 6.52. The lowest BCUT2D eigenvalue weighted by molar-refractivity contribution is 0.116. The zero-order chi connectivity index (χ0) is 22.7. The van der Waals surface area contributed by atoms with Crippen molar-refractivity contribution >= 4 is 15.7 Å². The van der Waals surface area contributed by atoms with Gasteiger partial charge < -0.3 is 9.73 Å². The molecular formula is C22H24F2N4O3S. The van der Waals surface area contributed by atoms with Crippen LogP contribution >= 0.6 is 0 Å². The van der Waals surface area contributed by atoms with Gasteiger partial charge in [-0.05, 0) is 68.2 Å². The maximum atomic E-state index is 13.6. The van der Waals surface area contributed by atoms with Crippen molar-refractivity contribution in [2.24, 2.45) is 0 Å². The SMILES string of the molecule is Cc1cccc(N(Cc2ccc(-c3nnc(C(F)F)o3)cc2)S(=O)(=O)C2CCNCC2)c1. The van der Waals surface area contributed by atoms with Gasteiger partial charge in [0.25, 0.3) is 5.89 Å². The number of benzene rings is 2. The van der Waals surface area contributed by atoms with Crippen LogP contribution in [0.15, 0.2) is 52.9 Å². The summed E-state index contributed by atoms with van der Waals surface area (Å²) in [6, 6.07) is 14.2. The highest BCUT2D eigenvalue weighted by atomic mass is 32.2. The largest absolute Gasteiger partial charge is 0.415 e. The lowest BCUT2D eigenvalue weighted by Gasteiger charge is -2.31. The van der Waals surface area contributed by atoms with Crippen LogP contribution in [0.25, 0.3) is 11.5 Å². The Morgan fingerprint density at radius 2 is 1.84 bits per heavy atom. The molecule has 0 unspecified atom stereocenters. The van der Waals surface area contributed by atoms with E-state index in [-0.39, 0.29) is 12.4 Å². The molecular weight excluding hydrogens is 438 g/mol. The second-order valence-corrected chi connectivity index (χ2v) is 9.92. The second-order valence-electron chi connectivity index (χ2n) is 7.78. The maximum Gasteiger partial charge on any atom is 0.314 e. The molecule has 1 N–H and O–H groups in total. The van der Waals surface area contributed by atoms with Crippen molar-refractivity contribution in [2.75, 3.05) is 17.4 Å². The van der Waals surface area contributed by atoms with Gasteiger partial charge in [-0.2, -0.15) is 8.78 Å². The summed E-state index contributed by atoms with van der Waals surface area (Å²) in [5.74, 6) is -0.743. The molecule has 0 bridgehead atoms. The minimum atomic E-state index is -3.59. The highest BCUT2D eigenvalue weighted by Gasteiger charge is 2.33. The van der Waals surface area contributed by atoms with Crippen LogP contribution in [0.1, 0.15) is 36.3 Å². The van der Waals surface area contributed by atoms with Gasteiger partial charge in [-0.1, -0.05) is 24.3 Å². The lowest BCUT2D eigenvalue weighted by atomic mass is 10.1. The van der Waals surface area contributed by atoms with Crippen molar-refractivity contribution in [1.82, 2.24) is 15.5 Å². The van der Waals surface area contributed by atoms with E-state index >= 15 is 0 Å². The van der Waals surface area contributed by atoms with Gasteiger partial charge in [0.05, 0.1) is 17.5 Å². The van der Waals surface area contributed by atoms with Gasteiger partial charge in [0, 0.05) is 5.56 Å². The van der Waals surface area contributed by atoms with Crippen molar-refractivity contribution in [3.63, 3.8) is 0 Å². The number of halogens is 2. The van der Waals surface area contributed by atoms with E-state index in [2.05, 4.69) is 15.5 Å². The van der Waals surface area contributed by atoms with Crippen LogP contribution in [0.2, 0.25) is 0 Å². The van der Waals surface area contributed by atoms with Crippen LogP contribution in [-0.2, 0) is 16.6 Å². The number of piperidine rings is 1. The Hall–Kier alpha value is -2.85. The minimum Gasteiger partial charge on any atom is -0.415 e. The number of nitrogens with zero attached hydrogens (tertiary/aromatic N) is 3. The number of hydrogen-bond donors (Lipinski definition) is 1. The van der Waals surface area contributed by atoms with Crippen LogP contribution in [0, 0.1) is 6.92 Å². The monoisotopic (exact) mass is 462 g/mol. The van der Waals surface area contributed by atoms with Crippen molar-refractivity contribution < 1.29 is 21.6 Å². The predicted octanol–water partition coefficient (Wildman–Crippen LogP) is 4.07. The average Bonchev–Trinajstić information content (AvgIpc) is 3.29. The Morgan fingerprint density at radius 1 is 1.12 bits per heavy atom. The Bertz CT molecular complexity index is 1160. The molecule has 2 heterocycles. The van der Waals surface area contributed by atoms with Gasteiger partial charge in [0.15, 0.2) is 0 Å². The molecule has 4 rings (SSSR count). The van der Waals surface area contributed by atoms with Crippen LogP contribution < -0.4 is 9.62 Å². The molecule has 170 valence electrons. The lowest BCUT2D eigenvalue weighted by Crippen LogP contribution is -2.43. The second kappa shape index (κ2) is 9.33. The smallest absolute Gasteiger partial charge is 0.314 e. The van der Waals surface area contributed by atoms with Crippen molar-refractivity contribution in [3.8, 4) is 11.5 Å². The number of aryl methyl sites for hydroxylation is 1. The Morgan fingerprint density at radius 3 is 2.47 bits per heavy atom. The van der Waals surface area contributed by atoms with E-state index in [0.29, 0.717) is 37.2 Å². The third kappa shape index (κ3) is 4.81. The number of hydrogen-bond acceptors (Lipinski definition) is 6. The summed E-state index contributed by atoms with van der Waals surface area (Å²) in [6.45, 7) is 3.42. The average molecular weight is 463 g/mol. The van der Waals surface area contributed by atoms with Gasteiger partial charge >= 0.3 is 6.43 Å². The van der Waals surface area contributed by atoms with E-state index < -0.39 is 27.6 Å². The van der Waals surface area contributed by atoms with Gasteiger partial charge in [0.2, 0.25) is 15.9 Å². The first kappa shape index (κ1) is 22.3. The van der Waals surface area contributed by atoms with Crippen LogP contribution in [0.4, 0.5) is 14.5 Å². The van der Waals surface area contributed by atoms with Crippen molar-refractivity contribution in [3.05, 3.63) is 65.5 Å². The third-order valence-electron chi connectivity index (χ3n) is 5.46. The molecule has 1 fully saturated rings. The molecule has 0 aliphatic carbocycles. The molecule has 7 nitrogen and oxygen atoms in total. The molecule has 32 heavy (non-hydrogen) atoms. The predicted molar refractivity (Wildman–Crippen MR) is 117 cm³/mol. The highest BCUT2D eigenvalue weighted by molar-refractivity contribution is 7.93. The summed E-state index contributed by atoms with van der Waals surface area (Å²) < 4.78 is 58.9. The van der Waals surface area contributed by atoms with Crippen molar-refractivity contribution in [2.45, 2.75) is 38.0 Å². The molecule has 0 radical (unpaired) electrons. The maximum absolute atomic E-state index is 13.6. The molecule has 0 atom stereocenters. The van der Waals surface area contributed by atoms with Crippen molar-refractivity contribution in [1.29, 1.82) is 0 Å². The topological polar surface area (TPSA) is 88.3 Å². The summed E-state index contributed by atoms with van der Waals surface area (Å²) in [5, 5.41) is 9.74. The zero-order valence-electron chi connectivity index (χ0n) is 17.5. The zero-order valence-corrected chi connectivity index (χ0v) is 18.4. The highest BCUT2D eigenvalue weighted by Crippen LogP contribution is 2.29. The first-order valence-corrected chi connectivity index (χ1v) is 11.8. The quantitative estimate of drug-likeness (QED) is 0.570. The molecule has 1 saturated heterocycles. The normalized spacial score (nSPS) is 15.2. The molecule has 0 amide bonds. The molecule has 2 aromatic carbocycles. The molecule has 0 saturated carbocycles.